The van der Waals surface area contributed by atoms with E-state index in [1.54, 1.807) is 0 Å². The van der Waals surface area contributed by atoms with E-state index in [1.807, 2.05) is 31.2 Å². The van der Waals surface area contributed by atoms with E-state index in [9.17, 15) is 15.3 Å². The van der Waals surface area contributed by atoms with Gasteiger partial charge in [-0.1, -0.05) is 53.7 Å². The Bertz CT molecular complexity index is 829. The third-order valence-corrected chi connectivity index (χ3v) is 5.39. The van der Waals surface area contributed by atoms with Crippen LogP contribution in [0.15, 0.2) is 53.7 Å². The molecule has 1 aliphatic heterocycles. The fourth-order valence-electron chi connectivity index (χ4n) is 3.81. The highest BCUT2D eigenvalue weighted by Gasteiger charge is 2.41. The van der Waals surface area contributed by atoms with Crippen LogP contribution in [0.1, 0.15) is 48.1 Å². The molecule has 0 spiro atoms. The zero-order chi connectivity index (χ0) is 20.9. The SMILES string of the molecule is CO/N=C(\C)c1ccc(Cc2cccc(C3CC(O)CC(CO)(CO)O3)c2)cc1. The first-order valence-electron chi connectivity index (χ1n) is 9.82. The fourth-order valence-corrected chi connectivity index (χ4v) is 3.81. The number of rotatable bonds is 7. The predicted octanol–water partition coefficient (Wildman–Crippen LogP) is 2.58. The molecule has 0 aliphatic carbocycles. The smallest absolute Gasteiger partial charge is 0.117 e. The lowest BCUT2D eigenvalue weighted by Crippen LogP contribution is -2.48. The van der Waals surface area contributed by atoms with Crippen LogP contribution < -0.4 is 0 Å². The monoisotopic (exact) mass is 399 g/mol. The van der Waals surface area contributed by atoms with Crippen LogP contribution in [0.5, 0.6) is 0 Å². The molecular formula is C23H29NO5. The van der Waals surface area contributed by atoms with E-state index in [0.717, 1.165) is 28.8 Å². The van der Waals surface area contributed by atoms with Crippen LogP contribution >= 0.6 is 0 Å². The first-order chi connectivity index (χ1) is 14.0. The van der Waals surface area contributed by atoms with Crippen molar-refractivity contribution in [3.05, 3.63) is 70.8 Å². The van der Waals surface area contributed by atoms with Gasteiger partial charge in [-0.3, -0.25) is 0 Å². The lowest BCUT2D eigenvalue weighted by molar-refractivity contribution is -0.198. The summed E-state index contributed by atoms with van der Waals surface area (Å²) in [6, 6.07) is 16.2. The number of benzene rings is 2. The largest absolute Gasteiger partial charge is 0.399 e. The molecule has 156 valence electrons. The first kappa shape index (κ1) is 21.5. The van der Waals surface area contributed by atoms with Gasteiger partial charge < -0.3 is 24.9 Å². The second-order valence-electron chi connectivity index (χ2n) is 7.68. The van der Waals surface area contributed by atoms with E-state index < -0.39 is 11.7 Å². The molecule has 1 heterocycles. The van der Waals surface area contributed by atoms with Crippen molar-refractivity contribution in [1.29, 1.82) is 0 Å². The molecule has 29 heavy (non-hydrogen) atoms. The number of oxime groups is 1. The zero-order valence-electron chi connectivity index (χ0n) is 16.9. The summed E-state index contributed by atoms with van der Waals surface area (Å²) >= 11 is 0. The minimum absolute atomic E-state index is 0.230. The Balaban J connectivity index is 1.75. The van der Waals surface area contributed by atoms with Gasteiger partial charge in [0.15, 0.2) is 0 Å². The summed E-state index contributed by atoms with van der Waals surface area (Å²) in [7, 11) is 1.53. The molecule has 0 amide bonds. The van der Waals surface area contributed by atoms with Gasteiger partial charge in [0.25, 0.3) is 0 Å². The van der Waals surface area contributed by atoms with Crippen LogP contribution in [0.2, 0.25) is 0 Å². The maximum Gasteiger partial charge on any atom is 0.117 e. The van der Waals surface area contributed by atoms with Crippen LogP contribution in [-0.2, 0) is 16.0 Å². The molecule has 2 unspecified atom stereocenters. The van der Waals surface area contributed by atoms with Crippen molar-refractivity contribution < 1.29 is 24.9 Å². The number of nitrogens with zero attached hydrogens (tertiary/aromatic N) is 1. The van der Waals surface area contributed by atoms with Crippen LogP contribution in [0.4, 0.5) is 0 Å². The minimum atomic E-state index is -1.10. The lowest BCUT2D eigenvalue weighted by atomic mass is 9.88. The Labute approximate surface area is 171 Å². The van der Waals surface area contributed by atoms with Crippen LogP contribution in [-0.4, -0.2) is 53.1 Å². The molecule has 0 aromatic heterocycles. The maximum atomic E-state index is 10.2. The Morgan fingerprint density at radius 1 is 1.14 bits per heavy atom. The molecule has 2 atom stereocenters. The molecule has 1 saturated heterocycles. The Kier molecular flexibility index (Phi) is 7.03. The highest BCUT2D eigenvalue weighted by Crippen LogP contribution is 2.37. The average Bonchev–Trinajstić information content (AvgIpc) is 2.74. The molecule has 2 aromatic rings. The first-order valence-corrected chi connectivity index (χ1v) is 9.82. The molecule has 6 nitrogen and oxygen atoms in total. The number of aliphatic hydroxyl groups excluding tert-OH is 3. The van der Waals surface area contributed by atoms with Crippen LogP contribution in [0, 0.1) is 0 Å². The van der Waals surface area contributed by atoms with Crippen molar-refractivity contribution in [1.82, 2.24) is 0 Å². The van der Waals surface area contributed by atoms with E-state index in [1.165, 1.54) is 12.7 Å². The van der Waals surface area contributed by atoms with E-state index in [2.05, 4.69) is 29.4 Å². The Morgan fingerprint density at radius 2 is 1.86 bits per heavy atom. The van der Waals surface area contributed by atoms with Crippen molar-refractivity contribution in [3.8, 4) is 0 Å². The van der Waals surface area contributed by atoms with Crippen molar-refractivity contribution >= 4 is 5.71 Å². The normalized spacial score (nSPS) is 21.8. The molecule has 0 bridgehead atoms. The summed E-state index contributed by atoms with van der Waals surface area (Å²) < 4.78 is 6.01. The van der Waals surface area contributed by atoms with Crippen molar-refractivity contribution in [3.63, 3.8) is 0 Å². The number of hydrogen-bond donors (Lipinski definition) is 3. The summed E-state index contributed by atoms with van der Waals surface area (Å²) in [4.78, 5) is 4.82. The van der Waals surface area contributed by atoms with E-state index >= 15 is 0 Å². The highest BCUT2D eigenvalue weighted by atomic mass is 16.6. The van der Waals surface area contributed by atoms with Crippen LogP contribution in [0.25, 0.3) is 0 Å². The number of aliphatic hydroxyl groups is 3. The molecule has 0 radical (unpaired) electrons. The molecule has 2 aromatic carbocycles. The van der Waals surface area contributed by atoms with Gasteiger partial charge >= 0.3 is 0 Å². The molecule has 1 aliphatic rings. The molecule has 0 saturated carbocycles. The Morgan fingerprint density at radius 3 is 2.52 bits per heavy atom. The minimum Gasteiger partial charge on any atom is -0.399 e. The number of ether oxygens (including phenoxy) is 1. The van der Waals surface area contributed by atoms with Gasteiger partial charge in [-0.15, -0.1) is 0 Å². The topological polar surface area (TPSA) is 91.5 Å². The molecular weight excluding hydrogens is 370 g/mol. The van der Waals surface area contributed by atoms with Gasteiger partial charge in [0, 0.05) is 12.8 Å². The van der Waals surface area contributed by atoms with E-state index in [0.29, 0.717) is 6.42 Å². The number of hydrogen-bond acceptors (Lipinski definition) is 6. The van der Waals surface area contributed by atoms with Gasteiger partial charge in [-0.25, -0.2) is 0 Å². The van der Waals surface area contributed by atoms with Gasteiger partial charge in [0.05, 0.1) is 31.1 Å². The van der Waals surface area contributed by atoms with E-state index in [-0.39, 0.29) is 25.7 Å². The Hall–Kier alpha value is -2.25. The molecule has 6 heteroatoms. The van der Waals surface area contributed by atoms with Gasteiger partial charge in [-0.05, 0) is 35.6 Å². The highest BCUT2D eigenvalue weighted by molar-refractivity contribution is 5.98. The zero-order valence-corrected chi connectivity index (χ0v) is 16.9. The summed E-state index contributed by atoms with van der Waals surface area (Å²) in [5.41, 5.74) is 3.96. The average molecular weight is 399 g/mol. The molecule has 3 N–H and O–H groups in total. The summed E-state index contributed by atoms with van der Waals surface area (Å²) in [6.45, 7) is 1.25. The summed E-state index contributed by atoms with van der Waals surface area (Å²) in [5.74, 6) is 0. The molecule has 1 fully saturated rings. The van der Waals surface area contributed by atoms with Crippen molar-refractivity contribution in [2.45, 2.75) is 44.0 Å². The van der Waals surface area contributed by atoms with Crippen molar-refractivity contribution in [2.24, 2.45) is 5.16 Å². The molecule has 3 rings (SSSR count). The van der Waals surface area contributed by atoms with Gasteiger partial charge in [-0.2, -0.15) is 0 Å². The van der Waals surface area contributed by atoms with Gasteiger partial charge in [0.2, 0.25) is 0 Å². The second-order valence-corrected chi connectivity index (χ2v) is 7.68. The summed E-state index contributed by atoms with van der Waals surface area (Å²) in [6.07, 6.45) is 0.441. The standard InChI is InChI=1S/C23H29NO5/c1-16(24-28-2)19-8-6-17(7-9-19)10-18-4-3-5-20(11-18)22-12-21(27)13-23(14-25,15-26)29-22/h3-9,11,21-22,25-27H,10,12-15H2,1-2H3/b24-16+. The van der Waals surface area contributed by atoms with E-state index in [4.69, 9.17) is 9.57 Å². The van der Waals surface area contributed by atoms with Gasteiger partial charge in [0.1, 0.15) is 12.7 Å². The lowest BCUT2D eigenvalue weighted by Gasteiger charge is -2.41. The van der Waals surface area contributed by atoms with Crippen molar-refractivity contribution in [2.75, 3.05) is 20.3 Å². The predicted molar refractivity (Wildman–Crippen MR) is 111 cm³/mol. The third-order valence-electron chi connectivity index (χ3n) is 5.39. The second kappa shape index (κ2) is 9.50. The fraction of sp³-hybridized carbons (Fsp3) is 0.435. The third kappa shape index (κ3) is 5.22. The van der Waals surface area contributed by atoms with Crippen LogP contribution in [0.3, 0.4) is 0 Å². The maximum absolute atomic E-state index is 10.2. The summed E-state index contributed by atoms with van der Waals surface area (Å²) in [5, 5.41) is 33.5. The quantitative estimate of drug-likeness (QED) is 0.492.